The molecule has 2 rings (SSSR count). The van der Waals surface area contributed by atoms with Gasteiger partial charge >= 0.3 is 0 Å². The number of hydrogen-bond acceptors (Lipinski definition) is 2. The lowest BCUT2D eigenvalue weighted by Crippen LogP contribution is -2.20. The molecule has 2 heteroatoms. The fraction of sp³-hybridized carbons (Fsp3) is 0.538. The van der Waals surface area contributed by atoms with Crippen molar-refractivity contribution in [3.05, 3.63) is 29.8 Å². The molecule has 1 heterocycles. The van der Waals surface area contributed by atoms with E-state index >= 15 is 0 Å². The first-order valence-electron chi connectivity index (χ1n) is 5.70. The molecule has 0 aliphatic carbocycles. The minimum Gasteiger partial charge on any atom is -0.399 e. The van der Waals surface area contributed by atoms with Crippen LogP contribution in [0.1, 0.15) is 31.2 Å². The van der Waals surface area contributed by atoms with Crippen molar-refractivity contribution in [1.82, 2.24) is 0 Å². The Bertz CT molecular complexity index is 318. The average Bonchev–Trinajstić information content (AvgIpc) is 2.29. The molecule has 82 valence electrons. The molecule has 0 aromatic heterocycles. The molecule has 0 amide bonds. The number of rotatable bonds is 2. The lowest BCUT2D eigenvalue weighted by Gasteiger charge is -2.28. The van der Waals surface area contributed by atoms with Gasteiger partial charge in [-0.05, 0) is 42.4 Å². The van der Waals surface area contributed by atoms with Crippen molar-refractivity contribution >= 4 is 5.69 Å². The lowest BCUT2D eigenvalue weighted by molar-refractivity contribution is 0.0596. The summed E-state index contributed by atoms with van der Waals surface area (Å²) >= 11 is 0. The van der Waals surface area contributed by atoms with Crippen molar-refractivity contribution in [2.45, 2.75) is 25.7 Å². The van der Waals surface area contributed by atoms with Crippen molar-refractivity contribution in [1.29, 1.82) is 0 Å². The van der Waals surface area contributed by atoms with E-state index in [1.807, 2.05) is 12.1 Å². The summed E-state index contributed by atoms with van der Waals surface area (Å²) in [5.74, 6) is 1.35. The van der Waals surface area contributed by atoms with Gasteiger partial charge in [-0.3, -0.25) is 0 Å². The van der Waals surface area contributed by atoms with E-state index in [2.05, 4.69) is 19.1 Å². The molecule has 0 bridgehead atoms. The Morgan fingerprint density at radius 3 is 2.73 bits per heavy atom. The van der Waals surface area contributed by atoms with Crippen molar-refractivity contribution in [3.63, 3.8) is 0 Å². The van der Waals surface area contributed by atoms with Gasteiger partial charge in [0.1, 0.15) is 0 Å². The Morgan fingerprint density at radius 1 is 1.33 bits per heavy atom. The summed E-state index contributed by atoms with van der Waals surface area (Å²) < 4.78 is 5.38. The number of nitrogens with two attached hydrogens (primary N) is 1. The minimum atomic E-state index is 0.595. The van der Waals surface area contributed by atoms with Crippen molar-refractivity contribution < 1.29 is 4.74 Å². The van der Waals surface area contributed by atoms with Crippen LogP contribution in [0.3, 0.4) is 0 Å². The van der Waals surface area contributed by atoms with Gasteiger partial charge in [-0.1, -0.05) is 19.1 Å². The van der Waals surface area contributed by atoms with E-state index in [9.17, 15) is 0 Å². The number of ether oxygens (including phenoxy) is 1. The van der Waals surface area contributed by atoms with E-state index in [-0.39, 0.29) is 0 Å². The summed E-state index contributed by atoms with van der Waals surface area (Å²) in [5, 5.41) is 0. The van der Waals surface area contributed by atoms with Gasteiger partial charge in [-0.15, -0.1) is 0 Å². The maximum atomic E-state index is 5.80. The largest absolute Gasteiger partial charge is 0.399 e. The van der Waals surface area contributed by atoms with Gasteiger partial charge < -0.3 is 10.5 Å². The third kappa shape index (κ3) is 2.51. The SMILES string of the molecule is CC(c1cccc(N)c1)C1CCOCC1. The third-order valence-corrected chi connectivity index (χ3v) is 3.41. The molecule has 1 fully saturated rings. The second-order valence-electron chi connectivity index (χ2n) is 4.41. The quantitative estimate of drug-likeness (QED) is 0.753. The van der Waals surface area contributed by atoms with E-state index in [0.717, 1.165) is 24.8 Å². The molecule has 0 radical (unpaired) electrons. The summed E-state index contributed by atoms with van der Waals surface area (Å²) in [7, 11) is 0. The molecular formula is C13H19NO. The minimum absolute atomic E-state index is 0.595. The summed E-state index contributed by atoms with van der Waals surface area (Å²) in [6.45, 7) is 4.12. The highest BCUT2D eigenvalue weighted by Gasteiger charge is 2.21. The highest BCUT2D eigenvalue weighted by atomic mass is 16.5. The van der Waals surface area contributed by atoms with E-state index in [1.165, 1.54) is 18.4 Å². The molecule has 1 aromatic rings. The summed E-state index contributed by atoms with van der Waals surface area (Å²) in [4.78, 5) is 0. The first kappa shape index (κ1) is 10.5. The van der Waals surface area contributed by atoms with Crippen LogP contribution < -0.4 is 5.73 Å². The maximum absolute atomic E-state index is 5.80. The van der Waals surface area contributed by atoms with Gasteiger partial charge in [0, 0.05) is 18.9 Å². The fourth-order valence-electron chi connectivity index (χ4n) is 2.33. The Balaban J connectivity index is 2.08. The van der Waals surface area contributed by atoms with Gasteiger partial charge in [0.05, 0.1) is 0 Å². The van der Waals surface area contributed by atoms with Crippen LogP contribution in [0.2, 0.25) is 0 Å². The van der Waals surface area contributed by atoms with E-state index in [4.69, 9.17) is 10.5 Å². The molecule has 0 spiro atoms. The molecule has 1 aliphatic heterocycles. The predicted octanol–water partition coefficient (Wildman–Crippen LogP) is 2.80. The number of anilines is 1. The fourth-order valence-corrected chi connectivity index (χ4v) is 2.33. The highest BCUT2D eigenvalue weighted by Crippen LogP contribution is 2.32. The smallest absolute Gasteiger partial charge is 0.0468 e. The van der Waals surface area contributed by atoms with Gasteiger partial charge in [0.25, 0.3) is 0 Å². The molecule has 1 unspecified atom stereocenters. The molecule has 1 aliphatic rings. The number of hydrogen-bond donors (Lipinski definition) is 1. The first-order chi connectivity index (χ1) is 7.27. The van der Waals surface area contributed by atoms with Crippen molar-refractivity contribution in [2.24, 2.45) is 5.92 Å². The zero-order valence-electron chi connectivity index (χ0n) is 9.28. The Kier molecular flexibility index (Phi) is 3.27. The average molecular weight is 205 g/mol. The summed E-state index contributed by atoms with van der Waals surface area (Å²) in [5.41, 5.74) is 8.03. The number of nitrogen functional groups attached to an aromatic ring is 1. The van der Waals surface area contributed by atoms with Crippen molar-refractivity contribution in [2.75, 3.05) is 18.9 Å². The van der Waals surface area contributed by atoms with E-state index in [1.54, 1.807) is 0 Å². The van der Waals surface area contributed by atoms with Crippen LogP contribution in [0.4, 0.5) is 5.69 Å². The molecular weight excluding hydrogens is 186 g/mol. The van der Waals surface area contributed by atoms with Crippen LogP contribution in [0.5, 0.6) is 0 Å². The molecule has 2 N–H and O–H groups in total. The van der Waals surface area contributed by atoms with Crippen LogP contribution in [-0.2, 0) is 4.74 Å². The molecule has 1 saturated heterocycles. The topological polar surface area (TPSA) is 35.2 Å². The highest BCUT2D eigenvalue weighted by molar-refractivity contribution is 5.41. The zero-order chi connectivity index (χ0) is 10.7. The normalized spacial score (nSPS) is 20.1. The monoisotopic (exact) mass is 205 g/mol. The summed E-state index contributed by atoms with van der Waals surface area (Å²) in [6, 6.07) is 8.26. The molecule has 1 atom stereocenters. The van der Waals surface area contributed by atoms with Gasteiger partial charge in [0.2, 0.25) is 0 Å². The molecule has 2 nitrogen and oxygen atoms in total. The Morgan fingerprint density at radius 2 is 2.07 bits per heavy atom. The van der Waals surface area contributed by atoms with Gasteiger partial charge in [0.15, 0.2) is 0 Å². The molecule has 0 saturated carbocycles. The van der Waals surface area contributed by atoms with Crippen LogP contribution in [0.25, 0.3) is 0 Å². The van der Waals surface area contributed by atoms with Crippen LogP contribution in [0, 0.1) is 5.92 Å². The maximum Gasteiger partial charge on any atom is 0.0468 e. The Labute approximate surface area is 91.4 Å². The predicted molar refractivity (Wildman–Crippen MR) is 62.8 cm³/mol. The van der Waals surface area contributed by atoms with Gasteiger partial charge in [-0.2, -0.15) is 0 Å². The molecule has 15 heavy (non-hydrogen) atoms. The standard InChI is InChI=1S/C13H19NO/c1-10(11-5-7-15-8-6-11)12-3-2-4-13(14)9-12/h2-4,9-11H,5-8,14H2,1H3. The van der Waals surface area contributed by atoms with Crippen LogP contribution in [0.15, 0.2) is 24.3 Å². The third-order valence-electron chi connectivity index (χ3n) is 3.41. The lowest BCUT2D eigenvalue weighted by atomic mass is 9.82. The van der Waals surface area contributed by atoms with Crippen molar-refractivity contribution in [3.8, 4) is 0 Å². The Hall–Kier alpha value is -1.02. The van der Waals surface area contributed by atoms with E-state index in [0.29, 0.717) is 5.92 Å². The summed E-state index contributed by atoms with van der Waals surface area (Å²) in [6.07, 6.45) is 2.35. The van der Waals surface area contributed by atoms with Crippen LogP contribution >= 0.6 is 0 Å². The van der Waals surface area contributed by atoms with E-state index < -0.39 is 0 Å². The second-order valence-corrected chi connectivity index (χ2v) is 4.41. The first-order valence-corrected chi connectivity index (χ1v) is 5.70. The van der Waals surface area contributed by atoms with Crippen LogP contribution in [-0.4, -0.2) is 13.2 Å². The molecule has 1 aromatic carbocycles. The number of benzene rings is 1. The zero-order valence-corrected chi connectivity index (χ0v) is 9.28. The second kappa shape index (κ2) is 4.67. The van der Waals surface area contributed by atoms with Gasteiger partial charge in [-0.25, -0.2) is 0 Å².